The van der Waals surface area contributed by atoms with Crippen molar-refractivity contribution in [1.29, 1.82) is 5.26 Å². The average Bonchev–Trinajstić information content (AvgIpc) is 2.46. The Morgan fingerprint density at radius 2 is 2.14 bits per heavy atom. The molecular formula is C15H18N2O3S. The minimum atomic E-state index is -3.63. The first-order valence-corrected chi connectivity index (χ1v) is 7.99. The molecule has 6 heteroatoms. The smallest absolute Gasteiger partial charge is 0.230 e. The van der Waals surface area contributed by atoms with Gasteiger partial charge in [0.25, 0.3) is 0 Å². The Morgan fingerprint density at radius 3 is 2.71 bits per heavy atom. The van der Waals surface area contributed by atoms with Gasteiger partial charge >= 0.3 is 0 Å². The number of hydrogen-bond acceptors (Lipinski definition) is 4. The fraction of sp³-hybridized carbons (Fsp3) is 0.400. The van der Waals surface area contributed by atoms with E-state index in [1.165, 1.54) is 11.4 Å². The van der Waals surface area contributed by atoms with Crippen LogP contribution >= 0.6 is 0 Å². The molecule has 0 radical (unpaired) electrons. The molecule has 0 heterocycles. The Morgan fingerprint density at radius 1 is 1.43 bits per heavy atom. The molecule has 0 aliphatic heterocycles. The summed E-state index contributed by atoms with van der Waals surface area (Å²) >= 11 is 0. The van der Waals surface area contributed by atoms with Crippen LogP contribution in [0.15, 0.2) is 24.3 Å². The van der Waals surface area contributed by atoms with Crippen LogP contribution in [0.5, 0.6) is 0 Å². The van der Waals surface area contributed by atoms with Gasteiger partial charge in [-0.25, -0.2) is 8.42 Å². The Hall–Kier alpha value is -1.86. The highest BCUT2D eigenvalue weighted by Gasteiger charge is 2.28. The van der Waals surface area contributed by atoms with Crippen LogP contribution in [0.3, 0.4) is 0 Å². The lowest BCUT2D eigenvalue weighted by Crippen LogP contribution is -2.34. The van der Waals surface area contributed by atoms with E-state index in [-0.39, 0.29) is 19.6 Å². The quantitative estimate of drug-likeness (QED) is 0.826. The number of nitrogens with zero attached hydrogens (tertiary/aromatic N) is 2. The van der Waals surface area contributed by atoms with Crippen molar-refractivity contribution in [3.63, 3.8) is 0 Å². The second-order valence-electron chi connectivity index (χ2n) is 4.49. The molecule has 0 saturated heterocycles. The molecule has 0 aromatic heterocycles. The van der Waals surface area contributed by atoms with Gasteiger partial charge in [-0.1, -0.05) is 30.9 Å². The van der Waals surface area contributed by atoms with E-state index in [1.54, 1.807) is 31.2 Å². The van der Waals surface area contributed by atoms with E-state index in [0.717, 1.165) is 5.56 Å². The van der Waals surface area contributed by atoms with Gasteiger partial charge in [-0.05, 0) is 24.1 Å². The number of benzene rings is 1. The normalized spacial score (nSPS) is 12.3. The summed E-state index contributed by atoms with van der Waals surface area (Å²) < 4.78 is 25.6. The summed E-state index contributed by atoms with van der Waals surface area (Å²) in [7, 11) is -2.17. The van der Waals surface area contributed by atoms with E-state index >= 15 is 0 Å². The maximum Gasteiger partial charge on any atom is 0.230 e. The maximum absolute atomic E-state index is 12.2. The van der Waals surface area contributed by atoms with Crippen LogP contribution in [-0.2, 0) is 16.6 Å². The summed E-state index contributed by atoms with van der Waals surface area (Å²) in [4.78, 5) is 0. The average molecular weight is 306 g/mol. The van der Waals surface area contributed by atoms with Gasteiger partial charge in [-0.2, -0.15) is 9.57 Å². The van der Waals surface area contributed by atoms with E-state index in [1.807, 2.05) is 6.07 Å². The predicted octanol–water partition coefficient (Wildman–Crippen LogP) is 1.09. The molecule has 0 aliphatic carbocycles. The predicted molar refractivity (Wildman–Crippen MR) is 80.5 cm³/mol. The van der Waals surface area contributed by atoms with Crippen LogP contribution < -0.4 is 0 Å². The molecule has 1 aromatic carbocycles. The molecule has 21 heavy (non-hydrogen) atoms. The zero-order valence-corrected chi connectivity index (χ0v) is 12.9. The van der Waals surface area contributed by atoms with Crippen LogP contribution in [0, 0.1) is 23.2 Å². The van der Waals surface area contributed by atoms with E-state index in [0.29, 0.717) is 5.56 Å². The lowest BCUT2D eigenvalue weighted by Gasteiger charge is -2.19. The molecule has 1 unspecified atom stereocenters. The third-order valence-electron chi connectivity index (χ3n) is 2.95. The van der Waals surface area contributed by atoms with Crippen molar-refractivity contribution in [2.24, 2.45) is 0 Å². The van der Waals surface area contributed by atoms with E-state index in [4.69, 9.17) is 10.4 Å². The molecule has 0 saturated carbocycles. The Kier molecular flexibility index (Phi) is 6.39. The molecule has 1 N–H and O–H groups in total. The molecule has 0 bridgehead atoms. The monoisotopic (exact) mass is 306 g/mol. The molecule has 1 atom stereocenters. The number of aliphatic hydroxyl groups excluding tert-OH is 1. The van der Waals surface area contributed by atoms with Gasteiger partial charge in [0.15, 0.2) is 5.25 Å². The number of rotatable bonds is 5. The summed E-state index contributed by atoms with van der Waals surface area (Å²) in [5.74, 6) is 5.31. The summed E-state index contributed by atoms with van der Waals surface area (Å²) in [5, 5.41) is 16.6. The van der Waals surface area contributed by atoms with Crippen LogP contribution in [0.25, 0.3) is 0 Å². The highest BCUT2D eigenvalue weighted by Crippen LogP contribution is 2.14. The Balaban J connectivity index is 2.94. The molecule has 1 aromatic rings. The number of hydrogen-bond donors (Lipinski definition) is 1. The summed E-state index contributed by atoms with van der Waals surface area (Å²) in [6.07, 6.45) is 0.255. The van der Waals surface area contributed by atoms with Crippen LogP contribution in [0.2, 0.25) is 0 Å². The second kappa shape index (κ2) is 7.80. The SMILES string of the molecule is CCC(C#N)S(=O)(=O)N(C)Cc1cccc(C#CCO)c1. The van der Waals surface area contributed by atoms with Crippen molar-refractivity contribution in [2.45, 2.75) is 25.1 Å². The van der Waals surface area contributed by atoms with Crippen molar-refractivity contribution >= 4 is 10.0 Å². The molecule has 0 amide bonds. The van der Waals surface area contributed by atoms with E-state index < -0.39 is 15.3 Å². The molecule has 1 rings (SSSR count). The Labute approximate surface area is 125 Å². The zero-order valence-electron chi connectivity index (χ0n) is 12.1. The van der Waals surface area contributed by atoms with Crippen LogP contribution in [-0.4, -0.2) is 36.7 Å². The first-order valence-electron chi connectivity index (χ1n) is 6.49. The molecular weight excluding hydrogens is 288 g/mol. The third-order valence-corrected chi connectivity index (χ3v) is 5.11. The molecule has 112 valence electrons. The minimum absolute atomic E-state index is 0.176. The Bertz CT molecular complexity index is 681. The van der Waals surface area contributed by atoms with Gasteiger partial charge in [0.1, 0.15) is 6.61 Å². The lowest BCUT2D eigenvalue weighted by molar-refractivity contribution is 0.350. The van der Waals surface area contributed by atoms with Gasteiger partial charge in [0.05, 0.1) is 6.07 Å². The summed E-state index contributed by atoms with van der Waals surface area (Å²) in [6, 6.07) is 8.94. The minimum Gasteiger partial charge on any atom is -0.384 e. The number of aliphatic hydroxyl groups is 1. The standard InChI is InChI=1S/C15H18N2O3S/c1-3-15(11-16)21(19,20)17(2)12-14-7-4-6-13(10-14)8-5-9-18/h4,6-7,10,15,18H,3,9,12H2,1-2H3. The maximum atomic E-state index is 12.2. The van der Waals surface area contributed by atoms with Gasteiger partial charge < -0.3 is 5.11 Å². The van der Waals surface area contributed by atoms with Crippen LogP contribution in [0.1, 0.15) is 24.5 Å². The van der Waals surface area contributed by atoms with E-state index in [9.17, 15) is 8.42 Å². The topological polar surface area (TPSA) is 81.4 Å². The molecule has 0 spiro atoms. The lowest BCUT2D eigenvalue weighted by atomic mass is 10.1. The fourth-order valence-electron chi connectivity index (χ4n) is 1.82. The summed E-state index contributed by atoms with van der Waals surface area (Å²) in [5.41, 5.74) is 1.48. The molecule has 0 aliphatic rings. The van der Waals surface area contributed by atoms with Gasteiger partial charge in [-0.3, -0.25) is 0 Å². The highest BCUT2D eigenvalue weighted by atomic mass is 32.2. The number of sulfonamides is 1. The molecule has 0 fully saturated rings. The first-order chi connectivity index (χ1) is 9.95. The van der Waals surface area contributed by atoms with Crippen molar-refractivity contribution in [2.75, 3.05) is 13.7 Å². The number of nitriles is 1. The first kappa shape index (κ1) is 17.2. The summed E-state index contributed by atoms with van der Waals surface area (Å²) in [6.45, 7) is 1.62. The molecule has 5 nitrogen and oxygen atoms in total. The van der Waals surface area contributed by atoms with Gasteiger partial charge in [0.2, 0.25) is 10.0 Å². The van der Waals surface area contributed by atoms with E-state index in [2.05, 4.69) is 11.8 Å². The van der Waals surface area contributed by atoms with Crippen molar-refractivity contribution in [1.82, 2.24) is 4.31 Å². The zero-order chi connectivity index (χ0) is 15.9. The second-order valence-corrected chi connectivity index (χ2v) is 6.71. The van der Waals surface area contributed by atoms with Gasteiger partial charge in [-0.15, -0.1) is 0 Å². The van der Waals surface area contributed by atoms with Crippen molar-refractivity contribution < 1.29 is 13.5 Å². The highest BCUT2D eigenvalue weighted by molar-refractivity contribution is 7.89. The van der Waals surface area contributed by atoms with Crippen LogP contribution in [0.4, 0.5) is 0 Å². The van der Waals surface area contributed by atoms with Gasteiger partial charge in [0, 0.05) is 19.2 Å². The fourth-order valence-corrected chi connectivity index (χ4v) is 3.14. The van der Waals surface area contributed by atoms with Crippen molar-refractivity contribution in [3.05, 3.63) is 35.4 Å². The van der Waals surface area contributed by atoms with Crippen molar-refractivity contribution in [3.8, 4) is 17.9 Å². The third kappa shape index (κ3) is 4.57. The largest absolute Gasteiger partial charge is 0.384 e.